The molecule has 3 rings (SSSR count). The Hall–Kier alpha value is -1.25. The zero-order valence-electron chi connectivity index (χ0n) is 10.7. The summed E-state index contributed by atoms with van der Waals surface area (Å²) in [6, 6.07) is 4.58. The molecule has 0 amide bonds. The number of fused-ring (bicyclic) bond motifs is 2. The molecule has 2 bridgehead atoms. The summed E-state index contributed by atoms with van der Waals surface area (Å²) in [7, 11) is 1.54. The molecule has 3 heteroatoms. The van der Waals surface area contributed by atoms with E-state index in [1.165, 1.54) is 31.4 Å². The minimum absolute atomic E-state index is 0.253. The van der Waals surface area contributed by atoms with Gasteiger partial charge in [0, 0.05) is 18.2 Å². The van der Waals surface area contributed by atoms with Gasteiger partial charge in [-0.1, -0.05) is 12.8 Å². The Morgan fingerprint density at radius 2 is 1.67 bits per heavy atom. The van der Waals surface area contributed by atoms with Crippen LogP contribution in [0.15, 0.2) is 18.2 Å². The van der Waals surface area contributed by atoms with Crippen molar-refractivity contribution >= 4 is 0 Å². The van der Waals surface area contributed by atoms with Gasteiger partial charge in [-0.05, 0) is 31.1 Å². The van der Waals surface area contributed by atoms with E-state index in [-0.39, 0.29) is 11.9 Å². The van der Waals surface area contributed by atoms with Crippen molar-refractivity contribution in [2.24, 2.45) is 11.8 Å². The molecule has 0 aliphatic heterocycles. The Labute approximate surface area is 107 Å². The van der Waals surface area contributed by atoms with E-state index in [1.54, 1.807) is 13.2 Å². The summed E-state index contributed by atoms with van der Waals surface area (Å²) in [6.07, 6.45) is 6.55. The summed E-state index contributed by atoms with van der Waals surface area (Å²) >= 11 is 0. The molecule has 2 aliphatic rings. The van der Waals surface area contributed by atoms with Crippen LogP contribution in [0.5, 0.6) is 11.5 Å². The number of rotatable bonds is 3. The fraction of sp³-hybridized carbons (Fsp3) is 0.600. The first-order valence-corrected chi connectivity index (χ1v) is 6.74. The number of benzene rings is 1. The summed E-state index contributed by atoms with van der Waals surface area (Å²) < 4.78 is 24.4. The summed E-state index contributed by atoms with van der Waals surface area (Å²) in [5.74, 6) is 2.46. The zero-order valence-corrected chi connectivity index (χ0v) is 10.7. The van der Waals surface area contributed by atoms with Crippen LogP contribution in [0.4, 0.5) is 4.39 Å². The summed E-state index contributed by atoms with van der Waals surface area (Å²) in [5, 5.41) is 0. The zero-order chi connectivity index (χ0) is 12.5. The van der Waals surface area contributed by atoms with Crippen LogP contribution in [0.2, 0.25) is 0 Å². The van der Waals surface area contributed by atoms with Crippen LogP contribution >= 0.6 is 0 Å². The quantitative estimate of drug-likeness (QED) is 0.812. The molecule has 0 aromatic heterocycles. The van der Waals surface area contributed by atoms with Gasteiger partial charge in [0.1, 0.15) is 17.3 Å². The molecule has 1 aromatic carbocycles. The molecule has 0 saturated heterocycles. The third-order valence-corrected chi connectivity index (χ3v) is 4.23. The van der Waals surface area contributed by atoms with Crippen LogP contribution < -0.4 is 9.47 Å². The lowest BCUT2D eigenvalue weighted by Crippen LogP contribution is -2.26. The van der Waals surface area contributed by atoms with Gasteiger partial charge in [-0.15, -0.1) is 0 Å². The van der Waals surface area contributed by atoms with E-state index in [0.717, 1.165) is 24.7 Å². The molecular formula is C15H19FO2. The highest BCUT2D eigenvalue weighted by Crippen LogP contribution is 2.43. The standard InChI is InChI=1S/C15H19FO2/c1-17-13-7-12(16)8-15(9-13)18-14-5-10-2-3-11(4-10)6-14/h7-11,14H,2-6H2,1H3/t10-,11+,14-. The van der Waals surface area contributed by atoms with Crippen molar-refractivity contribution < 1.29 is 13.9 Å². The number of halogens is 1. The summed E-state index contributed by atoms with van der Waals surface area (Å²) in [5.41, 5.74) is 0. The third kappa shape index (κ3) is 2.45. The van der Waals surface area contributed by atoms with Crippen molar-refractivity contribution in [1.82, 2.24) is 0 Å². The van der Waals surface area contributed by atoms with E-state index < -0.39 is 0 Å². The minimum atomic E-state index is -0.303. The lowest BCUT2D eigenvalue weighted by molar-refractivity contribution is 0.118. The number of hydrogen-bond donors (Lipinski definition) is 0. The molecule has 98 valence electrons. The van der Waals surface area contributed by atoms with E-state index in [9.17, 15) is 4.39 Å². The van der Waals surface area contributed by atoms with Crippen molar-refractivity contribution in [3.63, 3.8) is 0 Å². The van der Waals surface area contributed by atoms with Crippen molar-refractivity contribution in [2.45, 2.75) is 38.2 Å². The first-order valence-electron chi connectivity index (χ1n) is 6.74. The van der Waals surface area contributed by atoms with Crippen LogP contribution in [-0.2, 0) is 0 Å². The Balaban J connectivity index is 1.70. The van der Waals surface area contributed by atoms with E-state index in [2.05, 4.69) is 0 Å². The van der Waals surface area contributed by atoms with Crippen LogP contribution in [0.25, 0.3) is 0 Å². The van der Waals surface area contributed by atoms with Gasteiger partial charge in [0.25, 0.3) is 0 Å². The predicted octanol–water partition coefficient (Wildman–Crippen LogP) is 3.79. The van der Waals surface area contributed by atoms with Crippen LogP contribution in [0.1, 0.15) is 32.1 Å². The molecule has 0 spiro atoms. The Morgan fingerprint density at radius 3 is 2.33 bits per heavy atom. The SMILES string of the molecule is COc1cc(F)cc(O[C@@H]2C[C@@H]3CC[C@@H](C3)C2)c1. The van der Waals surface area contributed by atoms with E-state index in [0.29, 0.717) is 11.5 Å². The lowest BCUT2D eigenvalue weighted by Gasteiger charge is -2.28. The highest BCUT2D eigenvalue weighted by molar-refractivity contribution is 5.34. The topological polar surface area (TPSA) is 18.5 Å². The fourth-order valence-electron chi connectivity index (χ4n) is 3.46. The molecule has 0 radical (unpaired) electrons. The monoisotopic (exact) mass is 250 g/mol. The van der Waals surface area contributed by atoms with Crippen LogP contribution in [-0.4, -0.2) is 13.2 Å². The Bertz CT molecular complexity index is 421. The second-order valence-electron chi connectivity index (χ2n) is 5.58. The summed E-state index contributed by atoms with van der Waals surface area (Å²) in [6.45, 7) is 0. The van der Waals surface area contributed by atoms with Crippen molar-refractivity contribution in [3.8, 4) is 11.5 Å². The maximum atomic E-state index is 13.4. The minimum Gasteiger partial charge on any atom is -0.497 e. The van der Waals surface area contributed by atoms with Crippen molar-refractivity contribution in [3.05, 3.63) is 24.0 Å². The molecule has 2 aliphatic carbocycles. The molecule has 0 heterocycles. The molecule has 1 aromatic rings. The fourth-order valence-corrected chi connectivity index (χ4v) is 3.46. The van der Waals surface area contributed by atoms with E-state index >= 15 is 0 Å². The average Bonchev–Trinajstić information content (AvgIpc) is 2.68. The van der Waals surface area contributed by atoms with E-state index in [1.807, 2.05) is 0 Å². The molecule has 3 atom stereocenters. The maximum absolute atomic E-state index is 13.4. The molecular weight excluding hydrogens is 231 g/mol. The van der Waals surface area contributed by atoms with Gasteiger partial charge in [0.2, 0.25) is 0 Å². The number of ether oxygens (including phenoxy) is 2. The smallest absolute Gasteiger partial charge is 0.130 e. The van der Waals surface area contributed by atoms with Gasteiger partial charge >= 0.3 is 0 Å². The third-order valence-electron chi connectivity index (χ3n) is 4.23. The highest BCUT2D eigenvalue weighted by atomic mass is 19.1. The molecule has 2 saturated carbocycles. The first-order chi connectivity index (χ1) is 8.72. The Kier molecular flexibility index (Phi) is 3.14. The van der Waals surface area contributed by atoms with Crippen LogP contribution in [0.3, 0.4) is 0 Å². The number of methoxy groups -OCH3 is 1. The van der Waals surface area contributed by atoms with Gasteiger partial charge in [0.15, 0.2) is 0 Å². The van der Waals surface area contributed by atoms with Gasteiger partial charge in [-0.2, -0.15) is 0 Å². The van der Waals surface area contributed by atoms with Crippen molar-refractivity contribution in [1.29, 1.82) is 0 Å². The van der Waals surface area contributed by atoms with Gasteiger partial charge < -0.3 is 9.47 Å². The molecule has 2 nitrogen and oxygen atoms in total. The predicted molar refractivity (Wildman–Crippen MR) is 67.4 cm³/mol. The second-order valence-corrected chi connectivity index (χ2v) is 5.58. The molecule has 0 N–H and O–H groups in total. The Morgan fingerprint density at radius 1 is 1.00 bits per heavy atom. The van der Waals surface area contributed by atoms with Gasteiger partial charge in [-0.25, -0.2) is 4.39 Å². The maximum Gasteiger partial charge on any atom is 0.130 e. The largest absolute Gasteiger partial charge is 0.497 e. The molecule has 18 heavy (non-hydrogen) atoms. The van der Waals surface area contributed by atoms with Crippen LogP contribution in [0, 0.1) is 17.7 Å². The van der Waals surface area contributed by atoms with Crippen molar-refractivity contribution in [2.75, 3.05) is 7.11 Å². The lowest BCUT2D eigenvalue weighted by atomic mass is 9.87. The highest BCUT2D eigenvalue weighted by Gasteiger charge is 2.35. The average molecular weight is 250 g/mol. The number of hydrogen-bond acceptors (Lipinski definition) is 2. The summed E-state index contributed by atoms with van der Waals surface area (Å²) in [4.78, 5) is 0. The molecule has 0 unspecified atom stereocenters. The normalized spacial score (nSPS) is 30.2. The van der Waals surface area contributed by atoms with Gasteiger partial charge in [0.05, 0.1) is 13.2 Å². The van der Waals surface area contributed by atoms with E-state index in [4.69, 9.17) is 9.47 Å². The first kappa shape index (κ1) is 11.8. The second kappa shape index (κ2) is 4.79. The molecule has 2 fully saturated rings. The van der Waals surface area contributed by atoms with Gasteiger partial charge in [-0.3, -0.25) is 0 Å².